The molecule has 0 aliphatic rings. The van der Waals surface area contributed by atoms with Crippen LogP contribution in [0.4, 0.5) is 0 Å². The Hall–Kier alpha value is -1.00. The Morgan fingerprint density at radius 2 is 1.52 bits per heavy atom. The fourth-order valence-corrected chi connectivity index (χ4v) is 2.56. The normalized spacial score (nSPS) is 13.8. The van der Waals surface area contributed by atoms with E-state index in [2.05, 4.69) is 4.18 Å². The quantitative estimate of drug-likeness (QED) is 0.542. The highest BCUT2D eigenvalue weighted by Crippen LogP contribution is 2.10. The first-order valence-electron chi connectivity index (χ1n) is 6.96. The standard InChI is InChI=1S/C14H22O7S2/c1-22(15,16)20-9-8-14(12-21-23(2,17)18)11-19-10-13-6-4-3-5-7-13/h3-7,14H,8-12H2,1-2H3/t14-/m1/s1. The summed E-state index contributed by atoms with van der Waals surface area (Å²) in [4.78, 5) is 0. The minimum absolute atomic E-state index is 0.0503. The molecule has 0 unspecified atom stereocenters. The monoisotopic (exact) mass is 366 g/mol. The van der Waals surface area contributed by atoms with Gasteiger partial charge in [-0.05, 0) is 12.0 Å². The van der Waals surface area contributed by atoms with Gasteiger partial charge in [-0.25, -0.2) is 0 Å². The molecule has 0 heterocycles. The zero-order chi connectivity index (χ0) is 17.3. The second-order valence-electron chi connectivity index (χ2n) is 5.17. The van der Waals surface area contributed by atoms with Crippen LogP contribution in [0.15, 0.2) is 30.3 Å². The summed E-state index contributed by atoms with van der Waals surface area (Å²) in [5.41, 5.74) is 0.989. The molecule has 0 N–H and O–H groups in total. The molecule has 0 saturated heterocycles. The molecule has 1 atom stereocenters. The predicted molar refractivity (Wildman–Crippen MR) is 85.8 cm³/mol. The van der Waals surface area contributed by atoms with Gasteiger partial charge in [0.25, 0.3) is 20.2 Å². The van der Waals surface area contributed by atoms with Crippen molar-refractivity contribution in [1.82, 2.24) is 0 Å². The van der Waals surface area contributed by atoms with E-state index in [1.165, 1.54) is 0 Å². The van der Waals surface area contributed by atoms with Gasteiger partial charge < -0.3 is 4.74 Å². The summed E-state index contributed by atoms with van der Waals surface area (Å²) < 4.78 is 59.0. The Morgan fingerprint density at radius 3 is 2.09 bits per heavy atom. The minimum atomic E-state index is -3.56. The predicted octanol–water partition coefficient (Wildman–Crippen LogP) is 1.16. The first-order chi connectivity index (χ1) is 10.7. The summed E-state index contributed by atoms with van der Waals surface area (Å²) in [6, 6.07) is 9.50. The molecule has 0 aromatic heterocycles. The number of hydrogen-bond donors (Lipinski definition) is 0. The van der Waals surface area contributed by atoms with Gasteiger partial charge in [0.2, 0.25) is 0 Å². The van der Waals surface area contributed by atoms with Gasteiger partial charge in [-0.3, -0.25) is 8.37 Å². The minimum Gasteiger partial charge on any atom is -0.376 e. The highest BCUT2D eigenvalue weighted by molar-refractivity contribution is 7.86. The second kappa shape index (κ2) is 9.33. The van der Waals surface area contributed by atoms with E-state index in [0.29, 0.717) is 13.0 Å². The summed E-state index contributed by atoms with van der Waals surface area (Å²) in [5.74, 6) is -0.296. The molecule has 1 rings (SSSR count). The van der Waals surface area contributed by atoms with Crippen molar-refractivity contribution in [2.75, 3.05) is 32.3 Å². The van der Waals surface area contributed by atoms with Gasteiger partial charge in [-0.2, -0.15) is 16.8 Å². The lowest BCUT2D eigenvalue weighted by Gasteiger charge is -2.16. The molecule has 0 aliphatic heterocycles. The molecule has 0 spiro atoms. The molecule has 9 heteroatoms. The van der Waals surface area contributed by atoms with Gasteiger partial charge in [-0.1, -0.05) is 30.3 Å². The molecule has 0 saturated carbocycles. The summed E-state index contributed by atoms with van der Waals surface area (Å²) in [7, 11) is -7.09. The molecule has 0 aliphatic carbocycles. The van der Waals surface area contributed by atoms with Gasteiger partial charge in [0, 0.05) is 5.92 Å². The maximum absolute atomic E-state index is 11.1. The van der Waals surface area contributed by atoms with Gasteiger partial charge >= 0.3 is 0 Å². The zero-order valence-corrected chi connectivity index (χ0v) is 14.8. The van der Waals surface area contributed by atoms with Crippen LogP contribution < -0.4 is 0 Å². The van der Waals surface area contributed by atoms with Gasteiger partial charge in [0.1, 0.15) is 0 Å². The summed E-state index contributed by atoms with van der Waals surface area (Å²) in [6.45, 7) is 0.479. The molecule has 0 fully saturated rings. The fourth-order valence-electron chi connectivity index (χ4n) is 1.72. The second-order valence-corrected chi connectivity index (χ2v) is 8.46. The third kappa shape index (κ3) is 11.2. The van der Waals surface area contributed by atoms with Crippen LogP contribution in [0.25, 0.3) is 0 Å². The van der Waals surface area contributed by atoms with Crippen molar-refractivity contribution in [1.29, 1.82) is 0 Å². The van der Waals surface area contributed by atoms with E-state index in [0.717, 1.165) is 18.1 Å². The van der Waals surface area contributed by atoms with Crippen LogP contribution in [-0.2, 0) is 39.9 Å². The molecule has 0 radical (unpaired) electrons. The van der Waals surface area contributed by atoms with Crippen LogP contribution >= 0.6 is 0 Å². The van der Waals surface area contributed by atoms with Crippen molar-refractivity contribution < 1.29 is 29.9 Å². The maximum atomic E-state index is 11.1. The lowest BCUT2D eigenvalue weighted by Crippen LogP contribution is -2.21. The number of ether oxygens (including phenoxy) is 1. The smallest absolute Gasteiger partial charge is 0.264 e. The topological polar surface area (TPSA) is 96.0 Å². The molecular formula is C14H22O7S2. The van der Waals surface area contributed by atoms with E-state index in [4.69, 9.17) is 8.92 Å². The van der Waals surface area contributed by atoms with E-state index in [-0.39, 0.29) is 25.7 Å². The lowest BCUT2D eigenvalue weighted by atomic mass is 10.1. The SMILES string of the molecule is CS(=O)(=O)OCC[C@H](COCc1ccccc1)COS(C)(=O)=O. The van der Waals surface area contributed by atoms with E-state index in [1.54, 1.807) is 0 Å². The average Bonchev–Trinajstić information content (AvgIpc) is 2.43. The lowest BCUT2D eigenvalue weighted by molar-refractivity contribution is 0.0604. The molecule has 7 nitrogen and oxygen atoms in total. The van der Waals surface area contributed by atoms with Gasteiger partial charge in [-0.15, -0.1) is 0 Å². The Balaban J connectivity index is 2.45. The van der Waals surface area contributed by atoms with Crippen LogP contribution in [0.1, 0.15) is 12.0 Å². The first-order valence-corrected chi connectivity index (χ1v) is 10.6. The Labute approximate surface area is 137 Å². The van der Waals surface area contributed by atoms with Crippen molar-refractivity contribution in [3.8, 4) is 0 Å². The van der Waals surface area contributed by atoms with Crippen LogP contribution in [0.2, 0.25) is 0 Å². The molecule has 0 bridgehead atoms. The van der Waals surface area contributed by atoms with Gasteiger partial charge in [0.05, 0.1) is 38.9 Å². The third-order valence-corrected chi connectivity index (χ3v) is 3.97. The maximum Gasteiger partial charge on any atom is 0.264 e. The van der Waals surface area contributed by atoms with Crippen molar-refractivity contribution in [3.63, 3.8) is 0 Å². The molecule has 0 amide bonds. The zero-order valence-electron chi connectivity index (χ0n) is 13.2. The van der Waals surface area contributed by atoms with E-state index >= 15 is 0 Å². The number of rotatable bonds is 11. The fraction of sp³-hybridized carbons (Fsp3) is 0.571. The summed E-state index contributed by atoms with van der Waals surface area (Å²) in [6.07, 6.45) is 2.22. The van der Waals surface area contributed by atoms with E-state index in [9.17, 15) is 16.8 Å². The summed E-state index contributed by atoms with van der Waals surface area (Å²) in [5, 5.41) is 0. The molecule has 1 aromatic rings. The first kappa shape index (κ1) is 20.0. The van der Waals surface area contributed by atoms with Crippen molar-refractivity contribution in [3.05, 3.63) is 35.9 Å². The molecule has 23 heavy (non-hydrogen) atoms. The Kier molecular flexibility index (Phi) is 8.13. The van der Waals surface area contributed by atoms with Crippen LogP contribution in [0.3, 0.4) is 0 Å². The average molecular weight is 366 g/mol. The van der Waals surface area contributed by atoms with Crippen LogP contribution in [-0.4, -0.2) is 49.2 Å². The molecular weight excluding hydrogens is 344 g/mol. The van der Waals surface area contributed by atoms with Gasteiger partial charge in [0.15, 0.2) is 0 Å². The molecule has 132 valence electrons. The highest BCUT2D eigenvalue weighted by Gasteiger charge is 2.15. The number of hydrogen-bond acceptors (Lipinski definition) is 7. The Bertz CT molecular complexity index is 654. The van der Waals surface area contributed by atoms with E-state index < -0.39 is 20.2 Å². The van der Waals surface area contributed by atoms with Crippen molar-refractivity contribution >= 4 is 20.2 Å². The third-order valence-electron chi connectivity index (χ3n) is 2.81. The summed E-state index contributed by atoms with van der Waals surface area (Å²) >= 11 is 0. The van der Waals surface area contributed by atoms with Crippen molar-refractivity contribution in [2.45, 2.75) is 13.0 Å². The number of benzene rings is 1. The van der Waals surface area contributed by atoms with Crippen LogP contribution in [0.5, 0.6) is 0 Å². The highest BCUT2D eigenvalue weighted by atomic mass is 32.2. The van der Waals surface area contributed by atoms with Crippen molar-refractivity contribution in [2.24, 2.45) is 5.92 Å². The molecule has 1 aromatic carbocycles. The Morgan fingerprint density at radius 1 is 0.913 bits per heavy atom. The largest absolute Gasteiger partial charge is 0.376 e. The van der Waals surface area contributed by atoms with E-state index in [1.807, 2.05) is 30.3 Å². The van der Waals surface area contributed by atoms with Crippen LogP contribution in [0, 0.1) is 5.92 Å².